The number of nitrogens with zero attached hydrogens (tertiary/aromatic N) is 2. The standard InChI is InChI=1S/C29H29N3O7S/c1-35-20-11-12-23(36-2)21(16-20)30-26(33)17-40-29-31-22(28(34)32(29)19-9-7-6-8-10-19)13-18-14-24(37-3)27(39-5)25(15-18)38-4/h6-16H,17H2,1-5H3,(H,30,33)/b22-13-. The number of anilines is 2. The van der Waals surface area contributed by atoms with Gasteiger partial charge in [0.2, 0.25) is 11.7 Å². The molecule has 0 spiro atoms. The van der Waals surface area contributed by atoms with Crippen LogP contribution in [0.2, 0.25) is 0 Å². The largest absolute Gasteiger partial charge is 0.497 e. The molecule has 0 saturated heterocycles. The van der Waals surface area contributed by atoms with Gasteiger partial charge in [-0.1, -0.05) is 30.0 Å². The third kappa shape index (κ3) is 6.15. The third-order valence-corrected chi connectivity index (χ3v) is 6.79. The summed E-state index contributed by atoms with van der Waals surface area (Å²) in [5.74, 6) is 1.76. The number of thioether (sulfide) groups is 1. The predicted molar refractivity (Wildman–Crippen MR) is 156 cm³/mol. The molecule has 3 aromatic rings. The Labute approximate surface area is 236 Å². The number of nitrogens with one attached hydrogen (secondary N) is 1. The van der Waals surface area contributed by atoms with Gasteiger partial charge in [0.25, 0.3) is 5.91 Å². The highest BCUT2D eigenvalue weighted by Gasteiger charge is 2.32. The Bertz CT molecular complexity index is 1430. The van der Waals surface area contributed by atoms with Gasteiger partial charge in [0.15, 0.2) is 16.7 Å². The van der Waals surface area contributed by atoms with Gasteiger partial charge in [-0.15, -0.1) is 0 Å². The Morgan fingerprint density at radius 2 is 1.55 bits per heavy atom. The number of amidine groups is 1. The van der Waals surface area contributed by atoms with E-state index in [0.29, 0.717) is 50.9 Å². The molecule has 0 aliphatic carbocycles. The molecule has 1 aliphatic heterocycles. The molecule has 0 bridgehead atoms. The summed E-state index contributed by atoms with van der Waals surface area (Å²) in [5.41, 5.74) is 1.92. The lowest BCUT2D eigenvalue weighted by molar-refractivity contribution is -0.114. The van der Waals surface area contributed by atoms with Gasteiger partial charge in [-0.05, 0) is 48.0 Å². The number of rotatable bonds is 10. The predicted octanol–water partition coefficient (Wildman–Crippen LogP) is 4.85. The average molecular weight is 564 g/mol. The number of hydrogen-bond donors (Lipinski definition) is 1. The van der Waals surface area contributed by atoms with Gasteiger partial charge in [-0.25, -0.2) is 4.99 Å². The Hall–Kier alpha value is -4.64. The topological polar surface area (TPSA) is 108 Å². The maximum Gasteiger partial charge on any atom is 0.283 e. The lowest BCUT2D eigenvalue weighted by Crippen LogP contribution is -2.31. The minimum Gasteiger partial charge on any atom is -0.497 e. The number of ether oxygens (including phenoxy) is 5. The van der Waals surface area contributed by atoms with E-state index in [1.54, 1.807) is 55.7 Å². The van der Waals surface area contributed by atoms with Crippen LogP contribution < -0.4 is 33.9 Å². The summed E-state index contributed by atoms with van der Waals surface area (Å²) in [5, 5.41) is 3.20. The number of amides is 2. The Morgan fingerprint density at radius 1 is 0.875 bits per heavy atom. The van der Waals surface area contributed by atoms with Crippen LogP contribution in [0.1, 0.15) is 5.56 Å². The molecular formula is C29H29N3O7S. The van der Waals surface area contributed by atoms with Crippen molar-refractivity contribution in [1.82, 2.24) is 0 Å². The average Bonchev–Trinajstić information content (AvgIpc) is 3.29. The molecule has 0 saturated carbocycles. The van der Waals surface area contributed by atoms with E-state index in [1.165, 1.54) is 33.3 Å². The SMILES string of the molecule is COc1ccc(OC)c(NC(=O)CSC2=N/C(=C\c3cc(OC)c(OC)c(OC)c3)C(=O)N2c2ccccc2)c1. The molecule has 0 atom stereocenters. The quantitative estimate of drug-likeness (QED) is 0.349. The van der Waals surface area contributed by atoms with Crippen molar-refractivity contribution in [2.75, 3.05) is 51.5 Å². The van der Waals surface area contributed by atoms with Crippen molar-refractivity contribution in [1.29, 1.82) is 0 Å². The van der Waals surface area contributed by atoms with E-state index in [4.69, 9.17) is 23.7 Å². The second-order valence-electron chi connectivity index (χ2n) is 8.26. The van der Waals surface area contributed by atoms with Crippen molar-refractivity contribution in [2.24, 2.45) is 4.99 Å². The summed E-state index contributed by atoms with van der Waals surface area (Å²) in [4.78, 5) is 32.5. The van der Waals surface area contributed by atoms with Crippen LogP contribution >= 0.6 is 11.8 Å². The monoisotopic (exact) mass is 563 g/mol. The molecule has 1 aliphatic rings. The van der Waals surface area contributed by atoms with E-state index in [0.717, 1.165) is 11.8 Å². The van der Waals surface area contributed by atoms with Crippen molar-refractivity contribution in [3.05, 3.63) is 71.9 Å². The van der Waals surface area contributed by atoms with Crippen molar-refractivity contribution in [2.45, 2.75) is 0 Å². The molecule has 11 heteroatoms. The highest BCUT2D eigenvalue weighted by molar-refractivity contribution is 8.14. The molecule has 40 heavy (non-hydrogen) atoms. The van der Waals surface area contributed by atoms with Crippen LogP contribution in [0.4, 0.5) is 11.4 Å². The Kier molecular flexibility index (Phi) is 9.18. The fourth-order valence-corrected chi connectivity index (χ4v) is 4.78. The fourth-order valence-electron chi connectivity index (χ4n) is 3.97. The van der Waals surface area contributed by atoms with Crippen LogP contribution in [-0.2, 0) is 9.59 Å². The van der Waals surface area contributed by atoms with Crippen LogP contribution in [0.15, 0.2) is 71.4 Å². The zero-order valence-electron chi connectivity index (χ0n) is 22.7. The minimum atomic E-state index is -0.336. The zero-order chi connectivity index (χ0) is 28.6. The smallest absolute Gasteiger partial charge is 0.283 e. The van der Waals surface area contributed by atoms with Gasteiger partial charge < -0.3 is 29.0 Å². The summed E-state index contributed by atoms with van der Waals surface area (Å²) < 4.78 is 26.9. The number of benzene rings is 3. The molecule has 4 rings (SSSR count). The zero-order valence-corrected chi connectivity index (χ0v) is 23.5. The van der Waals surface area contributed by atoms with Crippen LogP contribution in [0.25, 0.3) is 6.08 Å². The highest BCUT2D eigenvalue weighted by Crippen LogP contribution is 2.39. The van der Waals surface area contributed by atoms with E-state index in [2.05, 4.69) is 10.3 Å². The first-order valence-electron chi connectivity index (χ1n) is 12.1. The highest BCUT2D eigenvalue weighted by atomic mass is 32.2. The summed E-state index contributed by atoms with van der Waals surface area (Å²) in [6.07, 6.45) is 1.64. The number of carbonyl (C=O) groups is 2. The summed E-state index contributed by atoms with van der Waals surface area (Å²) in [7, 11) is 7.62. The van der Waals surface area contributed by atoms with Gasteiger partial charge in [-0.3, -0.25) is 14.5 Å². The van der Waals surface area contributed by atoms with Crippen LogP contribution in [0, 0.1) is 0 Å². The van der Waals surface area contributed by atoms with E-state index >= 15 is 0 Å². The number of aliphatic imine (C=N–C) groups is 1. The molecule has 0 fully saturated rings. The van der Waals surface area contributed by atoms with Gasteiger partial charge in [0.05, 0.1) is 52.7 Å². The van der Waals surface area contributed by atoms with Gasteiger partial charge in [0.1, 0.15) is 17.2 Å². The van der Waals surface area contributed by atoms with E-state index in [9.17, 15) is 9.59 Å². The summed E-state index contributed by atoms with van der Waals surface area (Å²) >= 11 is 1.14. The van der Waals surface area contributed by atoms with Gasteiger partial charge in [-0.2, -0.15) is 0 Å². The Balaban J connectivity index is 1.62. The van der Waals surface area contributed by atoms with E-state index in [-0.39, 0.29) is 23.3 Å². The molecule has 0 unspecified atom stereocenters. The molecular weight excluding hydrogens is 534 g/mol. The van der Waals surface area contributed by atoms with Crippen molar-refractivity contribution in [3.63, 3.8) is 0 Å². The molecule has 10 nitrogen and oxygen atoms in total. The van der Waals surface area contributed by atoms with Crippen molar-refractivity contribution < 1.29 is 33.3 Å². The molecule has 1 heterocycles. The lowest BCUT2D eigenvalue weighted by Gasteiger charge is -2.18. The molecule has 3 aromatic carbocycles. The molecule has 0 aromatic heterocycles. The van der Waals surface area contributed by atoms with E-state index in [1.807, 2.05) is 18.2 Å². The number of methoxy groups -OCH3 is 5. The first kappa shape index (κ1) is 28.4. The van der Waals surface area contributed by atoms with Crippen LogP contribution in [0.3, 0.4) is 0 Å². The van der Waals surface area contributed by atoms with Crippen molar-refractivity contribution in [3.8, 4) is 28.7 Å². The fraction of sp³-hybridized carbons (Fsp3) is 0.207. The van der Waals surface area contributed by atoms with Gasteiger partial charge in [0, 0.05) is 6.07 Å². The Morgan fingerprint density at radius 3 is 2.15 bits per heavy atom. The van der Waals surface area contributed by atoms with E-state index < -0.39 is 0 Å². The lowest BCUT2D eigenvalue weighted by atomic mass is 10.1. The molecule has 1 N–H and O–H groups in total. The first-order valence-corrected chi connectivity index (χ1v) is 13.1. The number of hydrogen-bond acceptors (Lipinski definition) is 9. The summed E-state index contributed by atoms with van der Waals surface area (Å²) in [6, 6.07) is 17.7. The van der Waals surface area contributed by atoms with Crippen LogP contribution in [0.5, 0.6) is 28.7 Å². The normalized spacial score (nSPS) is 13.6. The molecule has 2 amide bonds. The molecule has 208 valence electrons. The second kappa shape index (κ2) is 12.9. The van der Waals surface area contributed by atoms with Crippen molar-refractivity contribution >= 4 is 46.2 Å². The second-order valence-corrected chi connectivity index (χ2v) is 9.20. The summed E-state index contributed by atoms with van der Waals surface area (Å²) in [6.45, 7) is 0. The number of para-hydroxylation sites is 1. The van der Waals surface area contributed by atoms with Crippen LogP contribution in [-0.4, -0.2) is 58.3 Å². The third-order valence-electron chi connectivity index (χ3n) is 5.85. The minimum absolute atomic E-state index is 0.00667. The number of carbonyl (C=O) groups excluding carboxylic acids is 2. The molecule has 0 radical (unpaired) electrons. The maximum atomic E-state index is 13.6. The maximum absolute atomic E-state index is 13.6. The van der Waals surface area contributed by atoms with Gasteiger partial charge >= 0.3 is 0 Å². The first-order chi connectivity index (χ1) is 19.4.